The van der Waals surface area contributed by atoms with Gasteiger partial charge in [-0.05, 0) is 30.3 Å². The summed E-state index contributed by atoms with van der Waals surface area (Å²) in [6.45, 7) is -1.41. The topological polar surface area (TPSA) is 111 Å². The summed E-state index contributed by atoms with van der Waals surface area (Å²) in [5, 5.41) is 6.14. The number of ketones is 1. The molecule has 0 bridgehead atoms. The van der Waals surface area contributed by atoms with Crippen molar-refractivity contribution in [1.29, 1.82) is 0 Å². The molecular formula is C22H14Cl2F3N3O5. The minimum Gasteiger partial charge on any atom is -0.493 e. The van der Waals surface area contributed by atoms with Crippen molar-refractivity contribution in [3.63, 3.8) is 0 Å². The molecule has 0 spiro atoms. The molecule has 4 aromatic rings. The number of fused-ring (bicyclic) bond motifs is 3. The number of pyridine rings is 1. The molecule has 4 rings (SSSR count). The molecule has 182 valence electrons. The van der Waals surface area contributed by atoms with E-state index in [-0.39, 0.29) is 32.6 Å². The summed E-state index contributed by atoms with van der Waals surface area (Å²) in [4.78, 5) is 40.1. The maximum Gasteiger partial charge on any atom is 0.294 e. The minimum atomic E-state index is -1.41. The van der Waals surface area contributed by atoms with Gasteiger partial charge in [0.2, 0.25) is 0 Å². The molecule has 2 heterocycles. The Hall–Kier alpha value is -3.83. The van der Waals surface area contributed by atoms with Gasteiger partial charge < -0.3 is 19.8 Å². The maximum absolute atomic E-state index is 13.2. The van der Waals surface area contributed by atoms with E-state index in [1.54, 1.807) is 12.1 Å². The van der Waals surface area contributed by atoms with Crippen LogP contribution in [0.3, 0.4) is 0 Å². The SMILES string of the molecule is COc1ccc(C(=O)Nc2c(Cl)cncc2Cl)c2c1oc1ccc(NC(=O)C(=O)CF)cc12.FF. The lowest BCUT2D eigenvalue weighted by molar-refractivity contribution is -0.135. The van der Waals surface area contributed by atoms with Gasteiger partial charge in [-0.2, -0.15) is 0 Å². The van der Waals surface area contributed by atoms with Crippen LogP contribution in [0.15, 0.2) is 47.1 Å². The van der Waals surface area contributed by atoms with Gasteiger partial charge in [-0.25, -0.2) is 4.39 Å². The first-order chi connectivity index (χ1) is 16.8. The highest BCUT2D eigenvalue weighted by Gasteiger charge is 2.22. The Bertz CT molecular complexity index is 1420. The number of alkyl halides is 1. The molecule has 0 aliphatic rings. The summed E-state index contributed by atoms with van der Waals surface area (Å²) < 4.78 is 39.7. The third kappa shape index (κ3) is 5.15. The van der Waals surface area contributed by atoms with Gasteiger partial charge in [-0.15, -0.1) is 0 Å². The average Bonchev–Trinajstić information content (AvgIpc) is 3.25. The van der Waals surface area contributed by atoms with Crippen LogP contribution in [0.5, 0.6) is 5.75 Å². The zero-order chi connectivity index (χ0) is 25.7. The summed E-state index contributed by atoms with van der Waals surface area (Å²) in [6, 6.07) is 7.64. The third-order valence-electron chi connectivity index (χ3n) is 4.77. The highest BCUT2D eigenvalue weighted by molar-refractivity contribution is 6.41. The fraction of sp³-hybridized carbons (Fsp3) is 0.0909. The number of furan rings is 1. The second kappa shape index (κ2) is 11.1. The maximum atomic E-state index is 13.2. The summed E-state index contributed by atoms with van der Waals surface area (Å²) >= 11 is 12.2. The highest BCUT2D eigenvalue weighted by atomic mass is 35.5. The van der Waals surface area contributed by atoms with Gasteiger partial charge in [0, 0.05) is 38.0 Å². The lowest BCUT2D eigenvalue weighted by Crippen LogP contribution is -2.23. The van der Waals surface area contributed by atoms with Gasteiger partial charge in [-0.3, -0.25) is 19.4 Å². The number of anilines is 2. The molecule has 35 heavy (non-hydrogen) atoms. The molecule has 0 atom stereocenters. The quantitative estimate of drug-likeness (QED) is 0.303. The smallest absolute Gasteiger partial charge is 0.294 e. The number of hydrogen-bond donors (Lipinski definition) is 2. The molecule has 2 aromatic heterocycles. The second-order valence-corrected chi connectivity index (χ2v) is 7.59. The van der Waals surface area contributed by atoms with Crippen LogP contribution in [-0.2, 0) is 9.59 Å². The van der Waals surface area contributed by atoms with Crippen LogP contribution < -0.4 is 15.4 Å². The van der Waals surface area contributed by atoms with E-state index in [4.69, 9.17) is 41.5 Å². The van der Waals surface area contributed by atoms with Crippen molar-refractivity contribution in [3.05, 3.63) is 58.3 Å². The molecule has 0 radical (unpaired) electrons. The number of Topliss-reactive ketones (excluding diaryl/α,β-unsaturated/α-hetero) is 1. The van der Waals surface area contributed by atoms with E-state index in [1.165, 1.54) is 37.7 Å². The van der Waals surface area contributed by atoms with E-state index in [1.807, 2.05) is 0 Å². The van der Waals surface area contributed by atoms with E-state index in [0.29, 0.717) is 22.1 Å². The monoisotopic (exact) mass is 527 g/mol. The zero-order valence-corrected chi connectivity index (χ0v) is 19.1. The van der Waals surface area contributed by atoms with E-state index < -0.39 is 24.3 Å². The Balaban J connectivity index is 0.00000167. The van der Waals surface area contributed by atoms with Crippen LogP contribution in [0.2, 0.25) is 10.0 Å². The first kappa shape index (κ1) is 25.8. The van der Waals surface area contributed by atoms with E-state index in [9.17, 15) is 18.8 Å². The number of hydrogen-bond acceptors (Lipinski definition) is 6. The van der Waals surface area contributed by atoms with Crippen LogP contribution in [0.25, 0.3) is 21.9 Å². The Labute approximate surface area is 204 Å². The fourth-order valence-electron chi connectivity index (χ4n) is 3.26. The van der Waals surface area contributed by atoms with Crippen molar-refractivity contribution in [3.8, 4) is 5.75 Å². The predicted molar refractivity (Wildman–Crippen MR) is 124 cm³/mol. The third-order valence-corrected chi connectivity index (χ3v) is 5.34. The minimum absolute atomic E-state index is 0.153. The predicted octanol–water partition coefficient (Wildman–Crippen LogP) is 5.87. The largest absolute Gasteiger partial charge is 0.493 e. The van der Waals surface area contributed by atoms with Gasteiger partial charge in [0.15, 0.2) is 18.0 Å². The number of nitrogens with zero attached hydrogens (tertiary/aromatic N) is 1. The van der Waals surface area contributed by atoms with Crippen molar-refractivity contribution < 1.29 is 37.1 Å². The van der Waals surface area contributed by atoms with Crippen LogP contribution >= 0.6 is 23.2 Å². The molecule has 0 saturated carbocycles. The number of carbonyl (C=O) groups excluding carboxylic acids is 3. The van der Waals surface area contributed by atoms with Crippen LogP contribution in [0.4, 0.5) is 24.9 Å². The lowest BCUT2D eigenvalue weighted by atomic mass is 10.0. The molecule has 2 amide bonds. The normalized spacial score (nSPS) is 10.5. The number of ether oxygens (including phenoxy) is 1. The molecule has 0 aliphatic heterocycles. The Kier molecular flexibility index (Phi) is 8.15. The van der Waals surface area contributed by atoms with Crippen LogP contribution in [0, 0.1) is 0 Å². The van der Waals surface area contributed by atoms with E-state index in [2.05, 4.69) is 15.6 Å². The Morgan fingerprint density at radius 3 is 2.37 bits per heavy atom. The van der Waals surface area contributed by atoms with Crippen LogP contribution in [-0.4, -0.2) is 36.4 Å². The molecule has 0 saturated heterocycles. The molecule has 2 N–H and O–H groups in total. The van der Waals surface area contributed by atoms with Gasteiger partial charge >= 0.3 is 0 Å². The number of carbonyl (C=O) groups is 3. The van der Waals surface area contributed by atoms with Crippen molar-refractivity contribution >= 4 is 74.1 Å². The van der Waals surface area contributed by atoms with Gasteiger partial charge in [0.25, 0.3) is 17.6 Å². The lowest BCUT2D eigenvalue weighted by Gasteiger charge is -2.10. The van der Waals surface area contributed by atoms with Crippen molar-refractivity contribution in [2.45, 2.75) is 0 Å². The average molecular weight is 528 g/mol. The van der Waals surface area contributed by atoms with E-state index in [0.717, 1.165) is 0 Å². The Morgan fingerprint density at radius 2 is 1.74 bits per heavy atom. The van der Waals surface area contributed by atoms with Gasteiger partial charge in [0.1, 0.15) is 5.58 Å². The molecule has 0 fully saturated rings. The number of amides is 2. The number of aromatic nitrogens is 1. The molecule has 0 aliphatic carbocycles. The van der Waals surface area contributed by atoms with E-state index >= 15 is 0 Å². The second-order valence-electron chi connectivity index (χ2n) is 6.78. The van der Waals surface area contributed by atoms with Crippen LogP contribution in [0.1, 0.15) is 10.4 Å². The highest BCUT2D eigenvalue weighted by Crippen LogP contribution is 2.39. The number of halogens is 5. The zero-order valence-electron chi connectivity index (χ0n) is 17.6. The van der Waals surface area contributed by atoms with Crippen molar-refractivity contribution in [2.75, 3.05) is 24.4 Å². The summed E-state index contributed by atoms with van der Waals surface area (Å²) in [5.41, 5.74) is 1.28. The summed E-state index contributed by atoms with van der Waals surface area (Å²) in [7, 11) is 1.45. The number of methoxy groups -OCH3 is 1. The Morgan fingerprint density at radius 1 is 1.06 bits per heavy atom. The number of benzene rings is 2. The molecular weight excluding hydrogens is 514 g/mol. The summed E-state index contributed by atoms with van der Waals surface area (Å²) in [5.74, 6) is -2.47. The van der Waals surface area contributed by atoms with Crippen molar-refractivity contribution in [1.82, 2.24) is 4.98 Å². The molecule has 0 unspecified atom stereocenters. The molecule has 13 heteroatoms. The summed E-state index contributed by atoms with van der Waals surface area (Å²) in [6.07, 6.45) is 2.68. The number of rotatable bonds is 6. The first-order valence-corrected chi connectivity index (χ1v) is 10.3. The number of nitrogens with one attached hydrogen (secondary N) is 2. The standard InChI is InChI=1S/C22H14Cl2FN3O5.F2/c1-32-17-5-3-11(21(30)28-19-13(23)8-26-9-14(19)24)18-12-6-10(27-22(31)15(29)7-25)2-4-16(12)33-20(17)18;1-2/h2-6,8-9H,7H2,1H3,(H,27,31)(H,26,28,30);. The van der Waals surface area contributed by atoms with Gasteiger partial charge in [-0.1, -0.05) is 23.2 Å². The van der Waals surface area contributed by atoms with Gasteiger partial charge in [0.05, 0.1) is 28.4 Å². The first-order valence-electron chi connectivity index (χ1n) is 9.52. The fourth-order valence-corrected chi connectivity index (χ4v) is 3.72. The molecule has 8 nitrogen and oxygen atoms in total. The molecule has 2 aromatic carbocycles. The van der Waals surface area contributed by atoms with Crippen molar-refractivity contribution in [2.24, 2.45) is 0 Å².